The van der Waals surface area contributed by atoms with Crippen molar-refractivity contribution in [1.29, 1.82) is 0 Å². The third-order valence-electron chi connectivity index (χ3n) is 6.94. The molecule has 1 unspecified atom stereocenters. The summed E-state index contributed by atoms with van der Waals surface area (Å²) in [6, 6.07) is 10.5. The van der Waals surface area contributed by atoms with Crippen LogP contribution in [0.15, 0.2) is 51.5 Å². The molecule has 0 fully saturated rings. The number of hydrogen-bond acceptors (Lipinski definition) is 12. The van der Waals surface area contributed by atoms with Gasteiger partial charge in [-0.3, -0.25) is 9.59 Å². The Balaban J connectivity index is 1.32. The zero-order chi connectivity index (χ0) is 35.7. The minimum Gasteiger partial charge on any atom is -0.481 e. The van der Waals surface area contributed by atoms with Gasteiger partial charge in [-0.15, -0.1) is 0 Å². The third kappa shape index (κ3) is 10.3. The van der Waals surface area contributed by atoms with Gasteiger partial charge in [0.2, 0.25) is 17.5 Å². The number of rotatable bonds is 14. The van der Waals surface area contributed by atoms with Gasteiger partial charge in [-0.25, -0.2) is 9.18 Å². The van der Waals surface area contributed by atoms with Crippen LogP contribution in [0, 0.1) is 5.82 Å². The van der Waals surface area contributed by atoms with Crippen LogP contribution in [0.25, 0.3) is 22.8 Å². The van der Waals surface area contributed by atoms with Crippen molar-refractivity contribution in [3.05, 3.63) is 65.6 Å². The lowest BCUT2D eigenvalue weighted by Gasteiger charge is -2.20. The van der Waals surface area contributed by atoms with E-state index in [-0.39, 0.29) is 29.8 Å². The van der Waals surface area contributed by atoms with E-state index in [0.29, 0.717) is 35.9 Å². The van der Waals surface area contributed by atoms with Gasteiger partial charge in [0.1, 0.15) is 30.3 Å². The number of hydrogen-bond donors (Lipinski definition) is 2. The Morgan fingerprint density at radius 2 is 1.53 bits per heavy atom. The quantitative estimate of drug-likeness (QED) is 0.145. The van der Waals surface area contributed by atoms with E-state index >= 15 is 4.39 Å². The number of carbonyl (C=O) groups excluding carboxylic acids is 3. The molecule has 2 heterocycles. The summed E-state index contributed by atoms with van der Waals surface area (Å²) >= 11 is 0. The molecule has 2 amide bonds. The van der Waals surface area contributed by atoms with Crippen LogP contribution in [0.5, 0.6) is 5.75 Å². The van der Waals surface area contributed by atoms with Gasteiger partial charge in [0.05, 0.1) is 11.6 Å². The van der Waals surface area contributed by atoms with Crippen molar-refractivity contribution in [3.63, 3.8) is 0 Å². The number of amides is 2. The van der Waals surface area contributed by atoms with E-state index in [1.807, 2.05) is 32.9 Å². The van der Waals surface area contributed by atoms with Crippen LogP contribution < -0.4 is 15.4 Å². The average Bonchev–Trinajstić information content (AvgIpc) is 3.75. The Labute approximate surface area is 283 Å². The number of nitrogens with one attached hydrogen (secondary N) is 2. The molecule has 15 heteroatoms. The minimum atomic E-state index is -0.805. The lowest BCUT2D eigenvalue weighted by atomic mass is 10.1. The first-order chi connectivity index (χ1) is 23.3. The maximum absolute atomic E-state index is 15.1. The second-order valence-corrected chi connectivity index (χ2v) is 12.4. The van der Waals surface area contributed by atoms with Gasteiger partial charge in [-0.2, -0.15) is 9.97 Å². The molecule has 2 N–H and O–H groups in total. The summed E-state index contributed by atoms with van der Waals surface area (Å²) in [6.45, 7) is 12.1. The van der Waals surface area contributed by atoms with Gasteiger partial charge >= 0.3 is 12.1 Å². The van der Waals surface area contributed by atoms with Gasteiger partial charge < -0.3 is 33.9 Å². The summed E-state index contributed by atoms with van der Waals surface area (Å²) in [7, 11) is 0. The van der Waals surface area contributed by atoms with Crippen LogP contribution in [-0.2, 0) is 14.3 Å². The maximum atomic E-state index is 15.1. The Hall–Kier alpha value is -5.34. The highest BCUT2D eigenvalue weighted by Gasteiger charge is 2.23. The zero-order valence-corrected chi connectivity index (χ0v) is 28.5. The van der Waals surface area contributed by atoms with Crippen LogP contribution in [0.4, 0.5) is 9.18 Å². The number of ether oxygens (including phenoxy) is 3. The molecule has 0 radical (unpaired) electrons. The Morgan fingerprint density at radius 3 is 2.12 bits per heavy atom. The van der Waals surface area contributed by atoms with Crippen molar-refractivity contribution in [2.75, 3.05) is 13.2 Å². The summed E-state index contributed by atoms with van der Waals surface area (Å²) in [5.41, 5.74) is 0.131. The number of nitrogens with zero attached hydrogens (tertiary/aromatic N) is 4. The molecule has 262 valence electrons. The van der Waals surface area contributed by atoms with Crippen LogP contribution in [0.2, 0.25) is 0 Å². The molecule has 14 nitrogen and oxygen atoms in total. The van der Waals surface area contributed by atoms with Crippen LogP contribution >= 0.6 is 0 Å². The fourth-order valence-electron chi connectivity index (χ4n) is 4.29. The molecule has 0 aliphatic rings. The standard InChI is InChI=1S/C34H41FN6O8/c1-8-22(18-45-27(42)17-36-33(44)47-34(5,6)7)37-30(43)24-15-12-21(16-25(24)35)29-39-32(49-41-29)26(9-2)46-23-13-10-20(11-14-23)28-38-31(19(3)4)48-40-28/h10-16,19,22,26H,8-9,17-18H2,1-7H3,(H,36,44)(H,37,43)/t22-,26?/m0/s1. The minimum absolute atomic E-state index is 0.120. The number of halogens is 1. The first kappa shape index (κ1) is 36.5. The van der Waals surface area contributed by atoms with E-state index in [1.165, 1.54) is 12.1 Å². The fraction of sp³-hybridized carbons (Fsp3) is 0.441. The zero-order valence-electron chi connectivity index (χ0n) is 28.5. The molecule has 0 aliphatic carbocycles. The molecule has 2 atom stereocenters. The van der Waals surface area contributed by atoms with Crippen molar-refractivity contribution in [2.45, 2.75) is 85.0 Å². The molecule has 0 spiro atoms. The molecule has 0 aliphatic heterocycles. The summed E-state index contributed by atoms with van der Waals surface area (Å²) < 4.78 is 42.2. The molecule has 2 aromatic carbocycles. The smallest absolute Gasteiger partial charge is 0.408 e. The second kappa shape index (κ2) is 16.2. The van der Waals surface area contributed by atoms with Crippen molar-refractivity contribution in [2.24, 2.45) is 0 Å². The topological polar surface area (TPSA) is 181 Å². The Kier molecular flexibility index (Phi) is 12.0. The first-order valence-corrected chi connectivity index (χ1v) is 15.9. The highest BCUT2D eigenvalue weighted by Crippen LogP contribution is 2.28. The molecular formula is C34H41FN6O8. The number of carbonyl (C=O) groups is 3. The Bertz CT molecular complexity index is 1730. The summed E-state index contributed by atoms with van der Waals surface area (Å²) in [5.74, 6) is -0.186. The van der Waals surface area contributed by atoms with Crippen LogP contribution in [0.1, 0.15) is 95.5 Å². The lowest BCUT2D eigenvalue weighted by Crippen LogP contribution is -2.40. The largest absolute Gasteiger partial charge is 0.481 e. The number of esters is 1. The van der Waals surface area contributed by atoms with E-state index in [0.717, 1.165) is 11.6 Å². The molecule has 49 heavy (non-hydrogen) atoms. The van der Waals surface area contributed by atoms with Gasteiger partial charge in [-0.1, -0.05) is 44.1 Å². The molecule has 0 bridgehead atoms. The van der Waals surface area contributed by atoms with E-state index in [4.69, 9.17) is 23.3 Å². The fourth-order valence-corrected chi connectivity index (χ4v) is 4.29. The van der Waals surface area contributed by atoms with Crippen molar-refractivity contribution >= 4 is 18.0 Å². The predicted molar refractivity (Wildman–Crippen MR) is 174 cm³/mol. The molecule has 2 aromatic heterocycles. The number of alkyl carbamates (subject to hydrolysis) is 1. The first-order valence-electron chi connectivity index (χ1n) is 15.9. The normalized spacial score (nSPS) is 12.7. The summed E-state index contributed by atoms with van der Waals surface area (Å²) in [6.07, 6.45) is -0.434. The van der Waals surface area contributed by atoms with Gasteiger partial charge in [0.15, 0.2) is 6.10 Å². The molecule has 4 rings (SSSR count). The molecule has 4 aromatic rings. The lowest BCUT2D eigenvalue weighted by molar-refractivity contribution is -0.143. The van der Waals surface area contributed by atoms with Gasteiger partial charge in [0.25, 0.3) is 11.8 Å². The molecular weight excluding hydrogens is 639 g/mol. The van der Waals surface area contributed by atoms with Crippen molar-refractivity contribution < 1.29 is 42.0 Å². The second-order valence-electron chi connectivity index (χ2n) is 12.4. The van der Waals surface area contributed by atoms with Crippen molar-refractivity contribution in [1.82, 2.24) is 30.9 Å². The molecule has 0 saturated carbocycles. The maximum Gasteiger partial charge on any atom is 0.408 e. The van der Waals surface area contributed by atoms with E-state index in [9.17, 15) is 14.4 Å². The number of aromatic nitrogens is 4. The van der Waals surface area contributed by atoms with E-state index in [2.05, 4.69) is 30.9 Å². The predicted octanol–water partition coefficient (Wildman–Crippen LogP) is 6.16. The van der Waals surface area contributed by atoms with E-state index in [1.54, 1.807) is 39.8 Å². The number of benzene rings is 2. The highest BCUT2D eigenvalue weighted by molar-refractivity contribution is 5.95. The van der Waals surface area contributed by atoms with Gasteiger partial charge in [-0.05, 0) is 70.0 Å². The monoisotopic (exact) mass is 680 g/mol. The summed E-state index contributed by atoms with van der Waals surface area (Å²) in [5, 5.41) is 13.0. The highest BCUT2D eigenvalue weighted by atomic mass is 19.1. The van der Waals surface area contributed by atoms with Crippen molar-refractivity contribution in [3.8, 4) is 28.5 Å². The average molecular weight is 681 g/mol. The van der Waals surface area contributed by atoms with E-state index < -0.39 is 48.1 Å². The Morgan fingerprint density at radius 1 is 0.898 bits per heavy atom. The molecule has 0 saturated heterocycles. The van der Waals surface area contributed by atoms with Crippen LogP contribution in [-0.4, -0.2) is 63.0 Å². The SMILES string of the molecule is CCC(Oc1ccc(-c2noc(C(C)C)n2)cc1)c1nc(-c2ccc(C(=O)N[C@@H](CC)COC(=O)CNC(=O)OC(C)(C)C)c(F)c2)no1. The third-order valence-corrected chi connectivity index (χ3v) is 6.94. The van der Waals surface area contributed by atoms with Gasteiger partial charge in [0, 0.05) is 17.0 Å². The summed E-state index contributed by atoms with van der Waals surface area (Å²) in [4.78, 5) is 45.5. The van der Waals surface area contributed by atoms with Crippen LogP contribution in [0.3, 0.4) is 0 Å².